The van der Waals surface area contributed by atoms with Gasteiger partial charge in [0.15, 0.2) is 0 Å². The minimum Gasteiger partial charge on any atom is -0.508 e. The Morgan fingerprint density at radius 2 is 1.61 bits per heavy atom. The predicted octanol–water partition coefficient (Wildman–Crippen LogP) is 6.27. The van der Waals surface area contributed by atoms with Crippen molar-refractivity contribution in [2.24, 2.45) is 0 Å². The summed E-state index contributed by atoms with van der Waals surface area (Å²) in [4.78, 5) is 40.9. The number of fused-ring (bicyclic) bond motifs is 5. The number of benzene rings is 4. The average Bonchev–Trinajstić information content (AvgIpc) is 3.18. The first-order valence-electron chi connectivity index (χ1n) is 12.6. The van der Waals surface area contributed by atoms with E-state index in [-0.39, 0.29) is 24.3 Å². The van der Waals surface area contributed by atoms with Crippen molar-refractivity contribution < 1.29 is 37.4 Å². The number of phenols is 1. The lowest BCUT2D eigenvalue weighted by molar-refractivity contribution is -0.137. The zero-order valence-corrected chi connectivity index (χ0v) is 21.2. The molecule has 0 saturated carbocycles. The fourth-order valence-corrected chi connectivity index (χ4v) is 5.19. The molecule has 10 heteroatoms. The number of ether oxygens (including phenoxy) is 1. The molecular weight excluding hydrogens is 537 g/mol. The number of amides is 2. The number of aromatic hydroxyl groups is 1. The fraction of sp³-hybridized carbons (Fsp3) is 0.129. The van der Waals surface area contributed by atoms with Crippen LogP contribution in [0.25, 0.3) is 11.1 Å². The first-order valence-corrected chi connectivity index (χ1v) is 12.6. The van der Waals surface area contributed by atoms with Crippen molar-refractivity contribution in [3.8, 4) is 22.6 Å². The van der Waals surface area contributed by atoms with E-state index in [2.05, 4.69) is 5.32 Å². The minimum atomic E-state index is -4.50. The van der Waals surface area contributed by atoms with Crippen LogP contribution in [0.3, 0.4) is 0 Å². The van der Waals surface area contributed by atoms with Crippen molar-refractivity contribution in [3.63, 3.8) is 0 Å². The lowest BCUT2D eigenvalue weighted by atomic mass is 9.86. The number of nitrogens with one attached hydrogen (secondary N) is 1. The van der Waals surface area contributed by atoms with E-state index in [1.54, 1.807) is 30.3 Å². The third-order valence-corrected chi connectivity index (χ3v) is 7.09. The summed E-state index contributed by atoms with van der Waals surface area (Å²) in [5.74, 6) is -1.46. The Hall–Kier alpha value is -5.12. The SMILES string of the molecule is O=C(CC1Oc2ccccc2-c2ccc3c(c21)C(=O)C(=O)N3Cc1ccc(C(F)(F)F)cc1)Nc1ccc(O)cc1. The first kappa shape index (κ1) is 26.1. The summed E-state index contributed by atoms with van der Waals surface area (Å²) in [6, 6.07) is 20.9. The molecule has 0 saturated heterocycles. The molecule has 2 heterocycles. The molecule has 0 spiro atoms. The molecule has 0 radical (unpaired) electrons. The van der Waals surface area contributed by atoms with Crippen LogP contribution in [0, 0.1) is 0 Å². The summed E-state index contributed by atoms with van der Waals surface area (Å²) in [6.07, 6.45) is -5.59. The number of hydrogen-bond donors (Lipinski definition) is 2. The Morgan fingerprint density at radius 1 is 0.902 bits per heavy atom. The maximum Gasteiger partial charge on any atom is 0.416 e. The van der Waals surface area contributed by atoms with Gasteiger partial charge in [-0.25, -0.2) is 0 Å². The van der Waals surface area contributed by atoms with Crippen molar-refractivity contribution in [3.05, 3.63) is 107 Å². The summed E-state index contributed by atoms with van der Waals surface area (Å²) in [5, 5.41) is 12.3. The lowest BCUT2D eigenvalue weighted by Gasteiger charge is -2.30. The fourth-order valence-electron chi connectivity index (χ4n) is 5.19. The molecule has 2 N–H and O–H groups in total. The highest BCUT2D eigenvalue weighted by Gasteiger charge is 2.43. The van der Waals surface area contributed by atoms with Gasteiger partial charge in [-0.15, -0.1) is 0 Å². The van der Waals surface area contributed by atoms with Gasteiger partial charge >= 0.3 is 6.18 Å². The maximum absolute atomic E-state index is 13.4. The van der Waals surface area contributed by atoms with Gasteiger partial charge in [-0.05, 0) is 59.7 Å². The molecule has 2 amide bonds. The predicted molar refractivity (Wildman–Crippen MR) is 144 cm³/mol. The molecule has 2 aliphatic heterocycles. The standard InChI is InChI=1S/C31H21F3N2O5/c32-31(33,34)18-7-5-17(6-8-18)16-36-23-14-13-22-21-3-1-2-4-24(21)41-25(27(22)28(23)29(39)30(36)40)15-26(38)35-19-9-11-20(37)12-10-19/h1-14,25,37H,15-16H2,(H,35,38). The van der Waals surface area contributed by atoms with Crippen LogP contribution in [0.1, 0.15) is 39.6 Å². The number of nitrogens with zero attached hydrogens (tertiary/aromatic N) is 1. The van der Waals surface area contributed by atoms with Crippen LogP contribution in [-0.4, -0.2) is 22.7 Å². The van der Waals surface area contributed by atoms with E-state index in [4.69, 9.17) is 4.74 Å². The number of rotatable bonds is 5. The topological polar surface area (TPSA) is 95.9 Å². The second-order valence-electron chi connectivity index (χ2n) is 9.74. The van der Waals surface area contributed by atoms with Crippen LogP contribution in [-0.2, 0) is 22.3 Å². The largest absolute Gasteiger partial charge is 0.508 e. The summed E-state index contributed by atoms with van der Waals surface area (Å²) in [6.45, 7) is -0.113. The molecule has 0 fully saturated rings. The van der Waals surface area contributed by atoms with Gasteiger partial charge in [0.05, 0.1) is 29.8 Å². The van der Waals surface area contributed by atoms with E-state index in [0.717, 1.165) is 12.1 Å². The van der Waals surface area contributed by atoms with Gasteiger partial charge in [0, 0.05) is 16.8 Å². The second-order valence-corrected chi connectivity index (χ2v) is 9.74. The molecule has 1 atom stereocenters. The van der Waals surface area contributed by atoms with Gasteiger partial charge in [-0.2, -0.15) is 13.2 Å². The molecule has 4 aromatic rings. The van der Waals surface area contributed by atoms with Crippen molar-refractivity contribution in [2.45, 2.75) is 25.2 Å². The van der Waals surface area contributed by atoms with Crippen LogP contribution in [0.15, 0.2) is 84.9 Å². The number of halogens is 3. The van der Waals surface area contributed by atoms with Crippen LogP contribution in [0.2, 0.25) is 0 Å². The third kappa shape index (κ3) is 4.77. The van der Waals surface area contributed by atoms with Crippen LogP contribution in [0.4, 0.5) is 24.5 Å². The Bertz CT molecular complexity index is 1700. The van der Waals surface area contributed by atoms with E-state index < -0.39 is 35.4 Å². The number of para-hydroxylation sites is 1. The zero-order chi connectivity index (χ0) is 28.9. The number of alkyl halides is 3. The summed E-state index contributed by atoms with van der Waals surface area (Å²) in [5.41, 5.74) is 2.20. The number of ketones is 1. The zero-order valence-electron chi connectivity index (χ0n) is 21.2. The van der Waals surface area contributed by atoms with Crippen LogP contribution < -0.4 is 15.0 Å². The van der Waals surface area contributed by atoms with Gasteiger partial charge in [0.1, 0.15) is 17.6 Å². The molecule has 0 aromatic heterocycles. The highest BCUT2D eigenvalue weighted by atomic mass is 19.4. The number of carbonyl (C=O) groups excluding carboxylic acids is 3. The molecule has 0 aliphatic carbocycles. The highest BCUT2D eigenvalue weighted by molar-refractivity contribution is 6.52. The van der Waals surface area contributed by atoms with E-state index in [0.29, 0.717) is 39.4 Å². The van der Waals surface area contributed by atoms with Gasteiger partial charge in [-0.1, -0.05) is 36.4 Å². The maximum atomic E-state index is 13.4. The Morgan fingerprint density at radius 3 is 2.32 bits per heavy atom. The van der Waals surface area contributed by atoms with Gasteiger partial charge in [0.2, 0.25) is 5.91 Å². The summed E-state index contributed by atoms with van der Waals surface area (Å²) < 4.78 is 45.2. The second kappa shape index (κ2) is 9.81. The Labute approximate surface area is 231 Å². The number of anilines is 2. The van der Waals surface area contributed by atoms with Crippen LogP contribution >= 0.6 is 0 Å². The summed E-state index contributed by atoms with van der Waals surface area (Å²) >= 11 is 0. The van der Waals surface area contributed by atoms with Gasteiger partial charge in [-0.3, -0.25) is 14.4 Å². The number of hydrogen-bond acceptors (Lipinski definition) is 5. The lowest BCUT2D eigenvalue weighted by Crippen LogP contribution is -2.29. The quantitative estimate of drug-likeness (QED) is 0.222. The van der Waals surface area contributed by atoms with Crippen molar-refractivity contribution in [1.29, 1.82) is 0 Å². The van der Waals surface area contributed by atoms with Crippen molar-refractivity contribution in [2.75, 3.05) is 10.2 Å². The summed E-state index contributed by atoms with van der Waals surface area (Å²) in [7, 11) is 0. The number of carbonyl (C=O) groups is 3. The molecule has 206 valence electrons. The van der Waals surface area contributed by atoms with E-state index in [1.165, 1.54) is 41.3 Å². The molecule has 0 bridgehead atoms. The van der Waals surface area contributed by atoms with E-state index in [1.807, 2.05) is 6.07 Å². The normalized spacial score (nSPS) is 15.6. The number of phenolic OH excluding ortho intramolecular Hbond substituents is 1. The molecule has 7 nitrogen and oxygen atoms in total. The molecule has 1 unspecified atom stereocenters. The van der Waals surface area contributed by atoms with E-state index in [9.17, 15) is 32.7 Å². The third-order valence-electron chi connectivity index (χ3n) is 7.09. The van der Waals surface area contributed by atoms with Crippen molar-refractivity contribution in [1.82, 2.24) is 0 Å². The van der Waals surface area contributed by atoms with E-state index >= 15 is 0 Å². The molecule has 4 aromatic carbocycles. The van der Waals surface area contributed by atoms with Gasteiger partial charge < -0.3 is 20.1 Å². The molecule has 41 heavy (non-hydrogen) atoms. The van der Waals surface area contributed by atoms with Crippen LogP contribution in [0.5, 0.6) is 11.5 Å². The molecular formula is C31H21F3N2O5. The minimum absolute atomic E-state index is 0.0451. The average molecular weight is 559 g/mol. The van der Waals surface area contributed by atoms with Gasteiger partial charge in [0.25, 0.3) is 11.7 Å². The number of Topliss-reactive ketones (excluding diaryl/α,β-unsaturated/α-hetero) is 1. The Kier molecular flexibility index (Phi) is 6.25. The molecule has 2 aliphatic rings. The highest BCUT2D eigenvalue weighted by Crippen LogP contribution is 2.49. The molecule has 6 rings (SSSR count). The monoisotopic (exact) mass is 558 g/mol. The smallest absolute Gasteiger partial charge is 0.416 e. The van der Waals surface area contributed by atoms with Crippen molar-refractivity contribution >= 4 is 29.0 Å². The first-order chi connectivity index (χ1) is 19.6. The Balaban J connectivity index is 1.37.